The second-order valence-electron chi connectivity index (χ2n) is 6.92. The Morgan fingerprint density at radius 1 is 1.23 bits per heavy atom. The molecule has 0 heterocycles. The third kappa shape index (κ3) is 6.06. The van der Waals surface area contributed by atoms with Crippen molar-refractivity contribution in [1.29, 1.82) is 0 Å². The average molecular weight is 305 g/mol. The van der Waals surface area contributed by atoms with E-state index >= 15 is 0 Å². The first kappa shape index (κ1) is 16.8. The van der Waals surface area contributed by atoms with Gasteiger partial charge in [-0.1, -0.05) is 30.3 Å². The summed E-state index contributed by atoms with van der Waals surface area (Å²) in [5, 5.41) is 2.96. The van der Waals surface area contributed by atoms with Crippen LogP contribution in [0.3, 0.4) is 0 Å². The van der Waals surface area contributed by atoms with Crippen LogP contribution in [0.5, 0.6) is 0 Å². The second-order valence-corrected chi connectivity index (χ2v) is 6.92. The summed E-state index contributed by atoms with van der Waals surface area (Å²) in [5.41, 5.74) is 0.857. The van der Waals surface area contributed by atoms with Gasteiger partial charge in [0.15, 0.2) is 0 Å². The van der Waals surface area contributed by atoms with E-state index in [0.29, 0.717) is 6.61 Å². The Hall–Kier alpha value is -1.55. The lowest BCUT2D eigenvalue weighted by Crippen LogP contribution is -2.42. The van der Waals surface area contributed by atoms with Crippen molar-refractivity contribution < 1.29 is 14.3 Å². The molecule has 0 unspecified atom stereocenters. The molecule has 1 aliphatic carbocycles. The molecular formula is C18H27NO3. The summed E-state index contributed by atoms with van der Waals surface area (Å²) in [6, 6.07) is 9.85. The normalized spacial score (nSPS) is 22.1. The molecule has 1 aromatic carbocycles. The predicted octanol–water partition coefficient (Wildman–Crippen LogP) is 4.04. The molecule has 1 aliphatic rings. The fraction of sp³-hybridized carbons (Fsp3) is 0.611. The highest BCUT2D eigenvalue weighted by molar-refractivity contribution is 5.67. The summed E-state index contributed by atoms with van der Waals surface area (Å²) in [4.78, 5) is 11.9. The van der Waals surface area contributed by atoms with E-state index in [2.05, 4.69) is 26.1 Å². The summed E-state index contributed by atoms with van der Waals surface area (Å²) in [7, 11) is 0. The van der Waals surface area contributed by atoms with Gasteiger partial charge in [0.1, 0.15) is 6.61 Å². The number of ether oxygens (including phenoxy) is 2. The number of carbonyl (C=O) groups excluding carboxylic acids is 1. The third-order valence-corrected chi connectivity index (χ3v) is 3.68. The zero-order valence-corrected chi connectivity index (χ0v) is 13.8. The first-order chi connectivity index (χ1) is 10.4. The van der Waals surface area contributed by atoms with Gasteiger partial charge in [-0.3, -0.25) is 0 Å². The van der Waals surface area contributed by atoms with Crippen LogP contribution in [-0.2, 0) is 16.1 Å². The van der Waals surface area contributed by atoms with Crippen molar-refractivity contribution in [3.8, 4) is 0 Å². The molecule has 0 saturated heterocycles. The van der Waals surface area contributed by atoms with Gasteiger partial charge in [-0.2, -0.15) is 0 Å². The highest BCUT2D eigenvalue weighted by Gasteiger charge is 2.27. The lowest BCUT2D eigenvalue weighted by atomic mass is 9.92. The molecule has 0 radical (unpaired) electrons. The maximum atomic E-state index is 11.9. The Morgan fingerprint density at radius 2 is 1.95 bits per heavy atom. The number of hydrogen-bond acceptors (Lipinski definition) is 3. The Bertz CT molecular complexity index is 467. The van der Waals surface area contributed by atoms with Gasteiger partial charge in [0.05, 0.1) is 11.7 Å². The Kier molecular flexibility index (Phi) is 5.83. The summed E-state index contributed by atoms with van der Waals surface area (Å²) in [6.45, 7) is 6.51. The van der Waals surface area contributed by atoms with Crippen molar-refractivity contribution >= 4 is 6.09 Å². The van der Waals surface area contributed by atoms with Crippen LogP contribution in [0.4, 0.5) is 4.79 Å². The fourth-order valence-corrected chi connectivity index (χ4v) is 2.81. The predicted molar refractivity (Wildman–Crippen MR) is 86.6 cm³/mol. The lowest BCUT2D eigenvalue weighted by molar-refractivity contribution is -0.0772. The number of carbonyl (C=O) groups is 1. The van der Waals surface area contributed by atoms with Crippen molar-refractivity contribution in [1.82, 2.24) is 5.32 Å². The maximum Gasteiger partial charge on any atom is 0.407 e. The molecule has 4 heteroatoms. The molecule has 4 nitrogen and oxygen atoms in total. The number of rotatable bonds is 4. The summed E-state index contributed by atoms with van der Waals surface area (Å²) < 4.78 is 11.3. The van der Waals surface area contributed by atoms with E-state index in [4.69, 9.17) is 9.47 Å². The van der Waals surface area contributed by atoms with Crippen LogP contribution in [0.1, 0.15) is 52.0 Å². The minimum absolute atomic E-state index is 0.139. The molecule has 0 bridgehead atoms. The van der Waals surface area contributed by atoms with Crippen LogP contribution in [0.15, 0.2) is 30.3 Å². The molecule has 0 aromatic heterocycles. The molecule has 2 atom stereocenters. The lowest BCUT2D eigenvalue weighted by Gasteiger charge is -2.34. The molecule has 22 heavy (non-hydrogen) atoms. The minimum Gasteiger partial charge on any atom is -0.445 e. The van der Waals surface area contributed by atoms with Gasteiger partial charge < -0.3 is 14.8 Å². The molecule has 0 aliphatic heterocycles. The van der Waals surface area contributed by atoms with Crippen LogP contribution < -0.4 is 5.32 Å². The molecule has 1 saturated carbocycles. The highest BCUT2D eigenvalue weighted by Crippen LogP contribution is 2.25. The number of benzene rings is 1. The largest absolute Gasteiger partial charge is 0.445 e. The van der Waals surface area contributed by atoms with Crippen molar-refractivity contribution in [3.05, 3.63) is 35.9 Å². The maximum absolute atomic E-state index is 11.9. The molecule has 1 amide bonds. The van der Waals surface area contributed by atoms with Gasteiger partial charge in [0.2, 0.25) is 0 Å². The van der Waals surface area contributed by atoms with E-state index in [1.165, 1.54) is 0 Å². The van der Waals surface area contributed by atoms with Gasteiger partial charge in [-0.05, 0) is 52.0 Å². The minimum atomic E-state index is -0.342. The number of alkyl carbamates (subject to hydrolysis) is 1. The topological polar surface area (TPSA) is 47.6 Å². The monoisotopic (exact) mass is 305 g/mol. The third-order valence-electron chi connectivity index (χ3n) is 3.68. The van der Waals surface area contributed by atoms with E-state index in [1.54, 1.807) is 0 Å². The molecule has 122 valence electrons. The van der Waals surface area contributed by atoms with E-state index in [0.717, 1.165) is 31.2 Å². The molecule has 1 aromatic rings. The van der Waals surface area contributed by atoms with E-state index in [9.17, 15) is 4.79 Å². The summed E-state index contributed by atoms with van der Waals surface area (Å²) in [6.07, 6.45) is 3.86. The first-order valence-electron chi connectivity index (χ1n) is 8.07. The summed E-state index contributed by atoms with van der Waals surface area (Å²) >= 11 is 0. The van der Waals surface area contributed by atoms with Crippen molar-refractivity contribution in [2.24, 2.45) is 0 Å². The Morgan fingerprint density at radius 3 is 2.64 bits per heavy atom. The van der Waals surface area contributed by atoms with Gasteiger partial charge in [0, 0.05) is 6.04 Å². The Labute approximate surface area is 133 Å². The van der Waals surface area contributed by atoms with E-state index < -0.39 is 0 Å². The van der Waals surface area contributed by atoms with Crippen molar-refractivity contribution in [3.63, 3.8) is 0 Å². The van der Waals surface area contributed by atoms with Gasteiger partial charge in [-0.25, -0.2) is 4.79 Å². The number of nitrogens with one attached hydrogen (secondary N) is 1. The standard InChI is InChI=1S/C18H27NO3/c1-18(2,3)22-16-11-7-10-15(12-16)19-17(20)21-13-14-8-5-4-6-9-14/h4-6,8-9,15-16H,7,10-13H2,1-3H3,(H,19,20)/t15-,16+/m1/s1. The van der Waals surface area contributed by atoms with Crippen LogP contribution in [0.25, 0.3) is 0 Å². The SMILES string of the molecule is CC(C)(C)O[C@H]1CCC[C@@H](NC(=O)OCc2ccccc2)C1. The average Bonchev–Trinajstić information content (AvgIpc) is 2.45. The zero-order chi connectivity index (χ0) is 16.0. The number of hydrogen-bond donors (Lipinski definition) is 1. The molecular weight excluding hydrogens is 278 g/mol. The van der Waals surface area contributed by atoms with E-state index in [-0.39, 0.29) is 23.8 Å². The van der Waals surface area contributed by atoms with Gasteiger partial charge in [0.25, 0.3) is 0 Å². The second kappa shape index (κ2) is 7.63. The first-order valence-corrected chi connectivity index (χ1v) is 8.07. The fourth-order valence-electron chi connectivity index (χ4n) is 2.81. The number of amides is 1. The zero-order valence-electron chi connectivity index (χ0n) is 13.8. The quantitative estimate of drug-likeness (QED) is 0.913. The van der Waals surface area contributed by atoms with Crippen LogP contribution in [0, 0.1) is 0 Å². The van der Waals surface area contributed by atoms with Crippen LogP contribution >= 0.6 is 0 Å². The van der Waals surface area contributed by atoms with Gasteiger partial charge in [-0.15, -0.1) is 0 Å². The van der Waals surface area contributed by atoms with E-state index in [1.807, 2.05) is 30.3 Å². The van der Waals surface area contributed by atoms with Crippen molar-refractivity contribution in [2.75, 3.05) is 0 Å². The molecule has 1 fully saturated rings. The smallest absolute Gasteiger partial charge is 0.407 e. The Balaban J connectivity index is 1.74. The van der Waals surface area contributed by atoms with Crippen molar-refractivity contribution in [2.45, 2.75) is 70.8 Å². The molecule has 0 spiro atoms. The molecule has 2 rings (SSSR count). The van der Waals surface area contributed by atoms with Crippen LogP contribution in [-0.4, -0.2) is 23.8 Å². The van der Waals surface area contributed by atoms with Crippen LogP contribution in [0.2, 0.25) is 0 Å². The molecule has 1 N–H and O–H groups in total. The summed E-state index contributed by atoms with van der Waals surface area (Å²) in [5.74, 6) is 0. The highest BCUT2D eigenvalue weighted by atomic mass is 16.5. The van der Waals surface area contributed by atoms with Gasteiger partial charge >= 0.3 is 6.09 Å².